The Balaban J connectivity index is 2.27. The summed E-state index contributed by atoms with van der Waals surface area (Å²) in [5.41, 5.74) is -0.584. The summed E-state index contributed by atoms with van der Waals surface area (Å²) in [6.45, 7) is 3.96. The number of nitrogens with zero attached hydrogens (tertiary/aromatic N) is 2. The van der Waals surface area contributed by atoms with Gasteiger partial charge in [-0.3, -0.25) is 14.9 Å². The van der Waals surface area contributed by atoms with Crippen molar-refractivity contribution in [2.45, 2.75) is 31.3 Å². The number of nitrogens with one attached hydrogen (secondary N) is 1. The zero-order chi connectivity index (χ0) is 22.1. The standard InChI is InChI=1S/C20H25N3O6S/c1-16(2)29-14-8-13-21-20(24)15-22(18-11-6-7-12-19(18)23(25)26)30(27,28)17-9-4-3-5-10-17/h3-7,9-12,16H,8,13-15H2,1-2H3,(H,21,24). The molecule has 0 saturated heterocycles. The number of nitro benzene ring substituents is 1. The van der Waals surface area contributed by atoms with Crippen LogP contribution in [0, 0.1) is 10.1 Å². The van der Waals surface area contributed by atoms with Crippen molar-refractivity contribution in [2.75, 3.05) is 24.0 Å². The number of sulfonamides is 1. The fourth-order valence-corrected chi connectivity index (χ4v) is 4.11. The summed E-state index contributed by atoms with van der Waals surface area (Å²) in [4.78, 5) is 23.2. The van der Waals surface area contributed by atoms with Crippen LogP contribution in [0.5, 0.6) is 0 Å². The monoisotopic (exact) mass is 435 g/mol. The fraction of sp³-hybridized carbons (Fsp3) is 0.350. The van der Waals surface area contributed by atoms with Crippen LogP contribution < -0.4 is 9.62 Å². The molecule has 0 aromatic heterocycles. The Morgan fingerprint density at radius 1 is 1.13 bits per heavy atom. The summed E-state index contributed by atoms with van der Waals surface area (Å²) in [5, 5.41) is 14.1. The highest BCUT2D eigenvalue weighted by Crippen LogP contribution is 2.31. The highest BCUT2D eigenvalue weighted by Gasteiger charge is 2.31. The molecule has 10 heteroatoms. The van der Waals surface area contributed by atoms with Gasteiger partial charge in [-0.05, 0) is 38.5 Å². The lowest BCUT2D eigenvalue weighted by Gasteiger charge is -2.23. The third-order valence-electron chi connectivity index (χ3n) is 4.06. The van der Waals surface area contributed by atoms with Crippen molar-refractivity contribution >= 4 is 27.3 Å². The molecule has 9 nitrogen and oxygen atoms in total. The molecule has 0 unspecified atom stereocenters. The van der Waals surface area contributed by atoms with Crippen LogP contribution in [-0.4, -0.2) is 45.0 Å². The summed E-state index contributed by atoms with van der Waals surface area (Å²) < 4.78 is 32.6. The number of ether oxygens (including phenoxy) is 1. The number of amides is 1. The lowest BCUT2D eigenvalue weighted by atomic mass is 10.2. The summed E-state index contributed by atoms with van der Waals surface area (Å²) >= 11 is 0. The normalized spacial score (nSPS) is 11.3. The van der Waals surface area contributed by atoms with Crippen molar-refractivity contribution in [3.05, 3.63) is 64.7 Å². The highest BCUT2D eigenvalue weighted by atomic mass is 32.2. The Morgan fingerprint density at radius 3 is 2.40 bits per heavy atom. The van der Waals surface area contributed by atoms with E-state index in [0.29, 0.717) is 19.6 Å². The molecule has 0 saturated carbocycles. The molecule has 2 aromatic rings. The molecule has 30 heavy (non-hydrogen) atoms. The first-order chi connectivity index (χ1) is 14.2. The van der Waals surface area contributed by atoms with E-state index in [-0.39, 0.29) is 16.7 Å². The summed E-state index contributed by atoms with van der Waals surface area (Å²) in [5.74, 6) is -0.572. The van der Waals surface area contributed by atoms with Crippen LogP contribution in [0.25, 0.3) is 0 Å². The van der Waals surface area contributed by atoms with E-state index in [0.717, 1.165) is 4.31 Å². The molecule has 0 aliphatic carbocycles. The number of hydrogen-bond donors (Lipinski definition) is 1. The molecule has 1 amide bonds. The minimum Gasteiger partial charge on any atom is -0.379 e. The van der Waals surface area contributed by atoms with Crippen LogP contribution in [0.3, 0.4) is 0 Å². The number of carbonyl (C=O) groups is 1. The van der Waals surface area contributed by atoms with Crippen LogP contribution in [0.15, 0.2) is 59.5 Å². The Hall–Kier alpha value is -2.98. The Kier molecular flexibility index (Phi) is 8.31. The van der Waals surface area contributed by atoms with Gasteiger partial charge < -0.3 is 10.1 Å². The third-order valence-corrected chi connectivity index (χ3v) is 5.83. The van der Waals surface area contributed by atoms with Crippen LogP contribution in [0.2, 0.25) is 0 Å². The van der Waals surface area contributed by atoms with Crippen molar-refractivity contribution in [3.8, 4) is 0 Å². The van der Waals surface area contributed by atoms with Gasteiger partial charge in [0.25, 0.3) is 15.7 Å². The molecule has 162 valence electrons. The first-order valence-electron chi connectivity index (χ1n) is 9.43. The first-order valence-corrected chi connectivity index (χ1v) is 10.9. The maximum Gasteiger partial charge on any atom is 0.293 e. The Morgan fingerprint density at radius 2 is 1.77 bits per heavy atom. The van der Waals surface area contributed by atoms with Crippen molar-refractivity contribution in [3.63, 3.8) is 0 Å². The summed E-state index contributed by atoms with van der Waals surface area (Å²) in [6.07, 6.45) is 0.631. The Bertz CT molecular complexity index is 964. The number of hydrogen-bond acceptors (Lipinski definition) is 6. The van der Waals surface area contributed by atoms with Crippen LogP contribution in [-0.2, 0) is 19.6 Å². The van der Waals surface area contributed by atoms with E-state index in [9.17, 15) is 23.3 Å². The van der Waals surface area contributed by atoms with Crippen molar-refractivity contribution in [1.82, 2.24) is 5.32 Å². The number of nitro groups is 1. The molecule has 0 aliphatic heterocycles. The first kappa shape index (κ1) is 23.3. The second kappa shape index (κ2) is 10.7. The molecule has 0 fully saturated rings. The van der Waals surface area contributed by atoms with Gasteiger partial charge >= 0.3 is 0 Å². The van der Waals surface area contributed by atoms with Gasteiger partial charge in [-0.15, -0.1) is 0 Å². The van der Waals surface area contributed by atoms with Gasteiger partial charge in [-0.1, -0.05) is 30.3 Å². The van der Waals surface area contributed by atoms with Gasteiger partial charge in [0.15, 0.2) is 0 Å². The van der Waals surface area contributed by atoms with Gasteiger partial charge in [-0.2, -0.15) is 0 Å². The van der Waals surface area contributed by atoms with E-state index in [1.54, 1.807) is 18.2 Å². The van der Waals surface area contributed by atoms with Crippen LogP contribution >= 0.6 is 0 Å². The highest BCUT2D eigenvalue weighted by molar-refractivity contribution is 7.92. The van der Waals surface area contributed by atoms with Crippen molar-refractivity contribution in [2.24, 2.45) is 0 Å². The number of carbonyl (C=O) groups excluding carboxylic acids is 1. The average molecular weight is 436 g/mol. The quantitative estimate of drug-likeness (QED) is 0.329. The summed E-state index contributed by atoms with van der Waals surface area (Å²) in [6, 6.07) is 12.9. The molecule has 2 aromatic carbocycles. The van der Waals surface area contributed by atoms with E-state index in [1.807, 2.05) is 13.8 Å². The zero-order valence-corrected chi connectivity index (χ0v) is 17.7. The molecule has 0 radical (unpaired) electrons. The molecule has 0 bridgehead atoms. The number of para-hydroxylation sites is 2. The lowest BCUT2D eigenvalue weighted by Crippen LogP contribution is -2.41. The SMILES string of the molecule is CC(C)OCCCNC(=O)CN(c1ccccc1[N+](=O)[O-])S(=O)(=O)c1ccccc1. The minimum atomic E-state index is -4.21. The number of benzene rings is 2. The zero-order valence-electron chi connectivity index (χ0n) is 16.9. The maximum absolute atomic E-state index is 13.2. The van der Waals surface area contributed by atoms with Crippen molar-refractivity contribution in [1.29, 1.82) is 0 Å². The largest absolute Gasteiger partial charge is 0.379 e. The second-order valence-corrected chi connectivity index (χ2v) is 8.56. The van der Waals surface area contributed by atoms with E-state index >= 15 is 0 Å². The molecule has 1 N–H and O–H groups in total. The summed E-state index contributed by atoms with van der Waals surface area (Å²) in [7, 11) is -4.21. The van der Waals surface area contributed by atoms with E-state index in [2.05, 4.69) is 5.32 Å². The molecule has 0 atom stereocenters. The van der Waals surface area contributed by atoms with Crippen molar-refractivity contribution < 1.29 is 22.9 Å². The molecule has 2 rings (SSSR count). The average Bonchev–Trinajstić information content (AvgIpc) is 2.72. The molecular weight excluding hydrogens is 410 g/mol. The fourth-order valence-electron chi connectivity index (χ4n) is 2.65. The predicted octanol–water partition coefficient (Wildman–Crippen LogP) is 2.72. The van der Waals surface area contributed by atoms with E-state index in [4.69, 9.17) is 4.74 Å². The van der Waals surface area contributed by atoms with Gasteiger partial charge in [0, 0.05) is 19.2 Å². The predicted molar refractivity (Wildman–Crippen MR) is 113 cm³/mol. The van der Waals surface area contributed by atoms with Gasteiger partial charge in [0.05, 0.1) is 15.9 Å². The van der Waals surface area contributed by atoms with Crippen LogP contribution in [0.1, 0.15) is 20.3 Å². The number of rotatable bonds is 11. The van der Waals surface area contributed by atoms with Gasteiger partial charge in [0.2, 0.25) is 5.91 Å². The lowest BCUT2D eigenvalue weighted by molar-refractivity contribution is -0.384. The number of anilines is 1. The molecule has 0 spiro atoms. The minimum absolute atomic E-state index is 0.0683. The second-order valence-electron chi connectivity index (χ2n) is 6.69. The van der Waals surface area contributed by atoms with Gasteiger partial charge in [-0.25, -0.2) is 12.7 Å². The molecule has 0 aliphatic rings. The molecule has 0 heterocycles. The van der Waals surface area contributed by atoms with Gasteiger partial charge in [0.1, 0.15) is 12.2 Å². The topological polar surface area (TPSA) is 119 Å². The van der Waals surface area contributed by atoms with E-state index < -0.39 is 33.1 Å². The molecular formula is C20H25N3O6S. The smallest absolute Gasteiger partial charge is 0.293 e. The maximum atomic E-state index is 13.2. The third kappa shape index (κ3) is 6.26. The van der Waals surface area contributed by atoms with E-state index in [1.165, 1.54) is 36.4 Å². The van der Waals surface area contributed by atoms with Crippen LogP contribution in [0.4, 0.5) is 11.4 Å². The Labute approximate surface area is 175 Å².